The molecule has 0 amide bonds. The van der Waals surface area contributed by atoms with Gasteiger partial charge in [-0.25, -0.2) is 0 Å². The van der Waals surface area contributed by atoms with Gasteiger partial charge in [0, 0.05) is 5.69 Å². The van der Waals surface area contributed by atoms with Crippen LogP contribution < -0.4 is 5.32 Å². The van der Waals surface area contributed by atoms with E-state index in [1.807, 2.05) is 24.5 Å². The van der Waals surface area contributed by atoms with Crippen molar-refractivity contribution in [2.24, 2.45) is 4.99 Å². The van der Waals surface area contributed by atoms with Gasteiger partial charge >= 0.3 is 0 Å². The monoisotopic (exact) mass is 236 g/mol. The fraction of sp³-hybridized carbons (Fsp3) is 0.273. The minimum Gasteiger partial charge on any atom is -0.463 e. The van der Waals surface area contributed by atoms with Crippen molar-refractivity contribution in [3.8, 4) is 0 Å². The second kappa shape index (κ2) is 5.03. The third-order valence-electron chi connectivity index (χ3n) is 2.32. The lowest BCUT2D eigenvalue weighted by atomic mass is 10.1. The average molecular weight is 236 g/mol. The molecular formula is C11H12N2O2S. The fourth-order valence-corrected chi connectivity index (χ4v) is 1.93. The van der Waals surface area contributed by atoms with Crippen LogP contribution in [0.5, 0.6) is 0 Å². The van der Waals surface area contributed by atoms with Crippen LogP contribution in [-0.2, 0) is 22.7 Å². The summed E-state index contributed by atoms with van der Waals surface area (Å²) in [5, 5.41) is 4.15. The van der Waals surface area contributed by atoms with Gasteiger partial charge in [-0.3, -0.25) is 9.79 Å². The molecule has 0 spiro atoms. The summed E-state index contributed by atoms with van der Waals surface area (Å²) in [5.41, 5.74) is 3.18. The highest BCUT2D eigenvalue weighted by Crippen LogP contribution is 2.24. The minimum absolute atomic E-state index is 0.310. The van der Waals surface area contributed by atoms with E-state index in [9.17, 15) is 4.79 Å². The Kier molecular flexibility index (Phi) is 3.46. The molecule has 0 atom stereocenters. The Hall–Kier alpha value is -1.49. The zero-order valence-electron chi connectivity index (χ0n) is 8.90. The lowest BCUT2D eigenvalue weighted by Gasteiger charge is -2.17. The van der Waals surface area contributed by atoms with E-state index < -0.39 is 0 Å². The van der Waals surface area contributed by atoms with Crippen LogP contribution in [0.2, 0.25) is 0 Å². The second-order valence-corrected chi connectivity index (χ2v) is 4.14. The van der Waals surface area contributed by atoms with Crippen LogP contribution in [0.4, 0.5) is 5.69 Å². The van der Waals surface area contributed by atoms with Crippen LogP contribution in [0.1, 0.15) is 11.1 Å². The molecule has 0 saturated carbocycles. The number of ether oxygens (including phenoxy) is 1. The number of nitrogens with zero attached hydrogens (tertiary/aromatic N) is 1. The molecule has 1 aromatic rings. The third kappa shape index (κ3) is 2.36. The van der Waals surface area contributed by atoms with E-state index in [0.29, 0.717) is 19.6 Å². The predicted octanol–water partition coefficient (Wildman–Crippen LogP) is 2.00. The van der Waals surface area contributed by atoms with E-state index in [-0.39, 0.29) is 0 Å². The zero-order chi connectivity index (χ0) is 11.4. The summed E-state index contributed by atoms with van der Waals surface area (Å²) in [4.78, 5) is 14.5. The van der Waals surface area contributed by atoms with Crippen LogP contribution in [0.25, 0.3) is 0 Å². The molecule has 0 saturated heterocycles. The van der Waals surface area contributed by atoms with Gasteiger partial charge in [0.05, 0.1) is 6.54 Å². The summed E-state index contributed by atoms with van der Waals surface area (Å²) in [6.45, 7) is 1.47. The molecule has 0 aromatic heterocycles. The Morgan fingerprint density at radius 2 is 2.50 bits per heavy atom. The maximum atomic E-state index is 10.1. The number of rotatable bonds is 3. The molecule has 1 aliphatic heterocycles. The van der Waals surface area contributed by atoms with Crippen LogP contribution in [0.3, 0.4) is 0 Å². The van der Waals surface area contributed by atoms with Gasteiger partial charge in [-0.15, -0.1) is 0 Å². The van der Waals surface area contributed by atoms with Crippen molar-refractivity contribution in [1.82, 2.24) is 0 Å². The first kappa shape index (κ1) is 11.0. The smallest absolute Gasteiger partial charge is 0.293 e. The van der Waals surface area contributed by atoms with Crippen molar-refractivity contribution >= 4 is 29.1 Å². The zero-order valence-corrected chi connectivity index (χ0v) is 9.71. The molecule has 1 heterocycles. The Morgan fingerprint density at radius 1 is 1.62 bits per heavy atom. The van der Waals surface area contributed by atoms with E-state index in [0.717, 1.165) is 22.0 Å². The number of aliphatic imine (C=N–C) groups is 1. The molecule has 16 heavy (non-hydrogen) atoms. The Morgan fingerprint density at radius 3 is 3.25 bits per heavy atom. The van der Waals surface area contributed by atoms with Gasteiger partial charge in [0.15, 0.2) is 5.17 Å². The Balaban J connectivity index is 2.17. The molecule has 84 valence electrons. The number of thioether (sulfide) groups is 1. The summed E-state index contributed by atoms with van der Waals surface area (Å²) in [5.74, 6) is 0. The summed E-state index contributed by atoms with van der Waals surface area (Å²) >= 11 is 1.58. The van der Waals surface area contributed by atoms with Crippen molar-refractivity contribution in [3.05, 3.63) is 29.3 Å². The van der Waals surface area contributed by atoms with E-state index in [4.69, 9.17) is 4.74 Å². The van der Waals surface area contributed by atoms with E-state index in [1.54, 1.807) is 11.8 Å². The molecule has 0 radical (unpaired) electrons. The molecule has 0 unspecified atom stereocenters. The van der Waals surface area contributed by atoms with Crippen LogP contribution >= 0.6 is 11.8 Å². The van der Waals surface area contributed by atoms with Crippen molar-refractivity contribution in [2.45, 2.75) is 13.2 Å². The van der Waals surface area contributed by atoms with Gasteiger partial charge in [-0.2, -0.15) is 0 Å². The number of hydrogen-bond acceptors (Lipinski definition) is 5. The van der Waals surface area contributed by atoms with Gasteiger partial charge in [0.1, 0.15) is 6.61 Å². The van der Waals surface area contributed by atoms with Gasteiger partial charge in [0.2, 0.25) is 0 Å². The molecule has 1 N–H and O–H groups in total. The second-order valence-electron chi connectivity index (χ2n) is 3.35. The molecule has 0 bridgehead atoms. The lowest BCUT2D eigenvalue weighted by Crippen LogP contribution is -2.14. The summed E-state index contributed by atoms with van der Waals surface area (Å²) in [7, 11) is 0. The van der Waals surface area contributed by atoms with Crippen molar-refractivity contribution < 1.29 is 9.53 Å². The van der Waals surface area contributed by atoms with E-state index in [2.05, 4.69) is 10.3 Å². The van der Waals surface area contributed by atoms with E-state index in [1.165, 1.54) is 0 Å². The number of carbonyl (C=O) groups is 1. The standard InChI is InChI=1S/C11H12N2O2S/c1-16-11-12-5-9-3-2-8(6-15-7-14)4-10(9)13-11/h2-4,7H,5-6H2,1H3,(H,12,13). The lowest BCUT2D eigenvalue weighted by molar-refractivity contribution is -0.129. The molecule has 1 aliphatic rings. The first-order chi connectivity index (χ1) is 7.83. The molecule has 1 aromatic carbocycles. The normalized spacial score (nSPS) is 13.4. The minimum atomic E-state index is 0.310. The number of benzene rings is 1. The number of amidine groups is 1. The quantitative estimate of drug-likeness (QED) is 0.816. The first-order valence-corrected chi connectivity index (χ1v) is 6.08. The van der Waals surface area contributed by atoms with Gasteiger partial charge < -0.3 is 10.1 Å². The van der Waals surface area contributed by atoms with Gasteiger partial charge in [-0.05, 0) is 23.4 Å². The Bertz CT molecular complexity index is 432. The van der Waals surface area contributed by atoms with Crippen molar-refractivity contribution in [3.63, 3.8) is 0 Å². The third-order valence-corrected chi connectivity index (χ3v) is 2.94. The summed E-state index contributed by atoms with van der Waals surface area (Å²) in [6.07, 6.45) is 1.98. The number of carbonyl (C=O) groups excluding carboxylic acids is 1. The first-order valence-electron chi connectivity index (χ1n) is 4.86. The predicted molar refractivity (Wildman–Crippen MR) is 65.6 cm³/mol. The maximum Gasteiger partial charge on any atom is 0.293 e. The van der Waals surface area contributed by atoms with Crippen LogP contribution in [-0.4, -0.2) is 17.9 Å². The number of hydrogen-bond donors (Lipinski definition) is 1. The highest BCUT2D eigenvalue weighted by Gasteiger charge is 2.11. The summed E-state index contributed by atoms with van der Waals surface area (Å²) in [6, 6.07) is 5.94. The Labute approximate surface area is 98.1 Å². The van der Waals surface area contributed by atoms with Crippen LogP contribution in [0.15, 0.2) is 23.2 Å². The van der Waals surface area contributed by atoms with Crippen molar-refractivity contribution in [1.29, 1.82) is 0 Å². The maximum absolute atomic E-state index is 10.1. The summed E-state index contributed by atoms with van der Waals surface area (Å²) < 4.78 is 4.72. The van der Waals surface area contributed by atoms with E-state index >= 15 is 0 Å². The fourth-order valence-electron chi connectivity index (χ4n) is 1.53. The highest BCUT2D eigenvalue weighted by atomic mass is 32.2. The number of anilines is 1. The highest BCUT2D eigenvalue weighted by molar-refractivity contribution is 8.13. The molecule has 2 rings (SSSR count). The molecule has 0 aliphatic carbocycles. The van der Waals surface area contributed by atoms with Gasteiger partial charge in [0.25, 0.3) is 6.47 Å². The molecular weight excluding hydrogens is 224 g/mol. The van der Waals surface area contributed by atoms with Crippen molar-refractivity contribution in [2.75, 3.05) is 11.6 Å². The molecule has 4 nitrogen and oxygen atoms in total. The molecule has 0 fully saturated rings. The van der Waals surface area contributed by atoms with Gasteiger partial charge in [-0.1, -0.05) is 23.9 Å². The number of nitrogens with one attached hydrogen (secondary N) is 1. The SMILES string of the molecule is CSC1=NCc2ccc(COC=O)cc2N1. The van der Waals surface area contributed by atoms with Crippen LogP contribution in [0, 0.1) is 0 Å². The number of fused-ring (bicyclic) bond motifs is 1. The molecule has 5 heteroatoms. The topological polar surface area (TPSA) is 50.7 Å². The largest absolute Gasteiger partial charge is 0.463 e. The average Bonchev–Trinajstić information content (AvgIpc) is 2.35.